The Morgan fingerprint density at radius 2 is 2.36 bits per heavy atom. The molecule has 1 aromatic carbocycles. The van der Waals surface area contributed by atoms with Gasteiger partial charge in [-0.05, 0) is 11.8 Å². The maximum atomic E-state index is 10.4. The lowest BCUT2D eigenvalue weighted by molar-refractivity contribution is -0.384. The summed E-state index contributed by atoms with van der Waals surface area (Å²) < 4.78 is 0. The Hall–Kier alpha value is -1.54. The summed E-state index contributed by atoms with van der Waals surface area (Å²) in [6, 6.07) is 6.29. The molecule has 0 radical (unpaired) electrons. The Labute approximate surface area is 85.7 Å². The molecule has 0 amide bonds. The number of non-ortho nitro benzene ring substituents is 1. The van der Waals surface area contributed by atoms with Crippen LogP contribution in [0.4, 0.5) is 5.69 Å². The lowest BCUT2D eigenvalue weighted by Crippen LogP contribution is -1.90. The van der Waals surface area contributed by atoms with E-state index in [-0.39, 0.29) is 5.69 Å². The third-order valence-corrected chi connectivity index (χ3v) is 2.55. The van der Waals surface area contributed by atoms with Crippen LogP contribution in [0.25, 0.3) is 0 Å². The van der Waals surface area contributed by atoms with Crippen LogP contribution in [0.5, 0.6) is 0 Å². The van der Waals surface area contributed by atoms with E-state index in [1.807, 2.05) is 13.0 Å². The first-order chi connectivity index (χ1) is 6.69. The molecule has 0 spiro atoms. The molecule has 0 aliphatic carbocycles. The molecular weight excluding hydrogens is 200 g/mol. The van der Waals surface area contributed by atoms with E-state index < -0.39 is 4.92 Å². The maximum Gasteiger partial charge on any atom is 0.270 e. The lowest BCUT2D eigenvalue weighted by Gasteiger charge is -2.00. The highest BCUT2D eigenvalue weighted by molar-refractivity contribution is 7.99. The van der Waals surface area contributed by atoms with Crippen molar-refractivity contribution in [2.45, 2.75) is 11.8 Å². The molecule has 0 aliphatic rings. The smallest absolute Gasteiger partial charge is 0.258 e. The van der Waals surface area contributed by atoms with Crippen LogP contribution in [0.2, 0.25) is 0 Å². The molecule has 1 rings (SSSR count). The van der Waals surface area contributed by atoms with Gasteiger partial charge in [-0.2, -0.15) is 5.26 Å². The fourth-order valence-corrected chi connectivity index (χ4v) is 1.74. The fraction of sp³-hybridized carbons (Fsp3) is 0.222. The van der Waals surface area contributed by atoms with Gasteiger partial charge in [-0.25, -0.2) is 0 Å². The Bertz CT molecular complexity index is 398. The van der Waals surface area contributed by atoms with Gasteiger partial charge in [0.05, 0.1) is 10.5 Å². The minimum Gasteiger partial charge on any atom is -0.258 e. The Balaban J connectivity index is 3.13. The molecule has 0 aliphatic heterocycles. The van der Waals surface area contributed by atoms with Crippen LogP contribution < -0.4 is 0 Å². The first-order valence-electron chi connectivity index (χ1n) is 4.00. The monoisotopic (exact) mass is 208 g/mol. The first kappa shape index (κ1) is 10.5. The third kappa shape index (κ3) is 2.24. The summed E-state index contributed by atoms with van der Waals surface area (Å²) in [5, 5.41) is 19.2. The van der Waals surface area contributed by atoms with Gasteiger partial charge in [-0.3, -0.25) is 10.1 Å². The van der Waals surface area contributed by atoms with Gasteiger partial charge >= 0.3 is 0 Å². The van der Waals surface area contributed by atoms with Crippen molar-refractivity contribution in [3.63, 3.8) is 0 Å². The van der Waals surface area contributed by atoms with Gasteiger partial charge in [-0.15, -0.1) is 11.8 Å². The first-order valence-corrected chi connectivity index (χ1v) is 4.99. The lowest BCUT2D eigenvalue weighted by atomic mass is 10.2. The maximum absolute atomic E-state index is 10.4. The van der Waals surface area contributed by atoms with Gasteiger partial charge in [0, 0.05) is 17.0 Å². The Morgan fingerprint density at radius 1 is 1.64 bits per heavy atom. The van der Waals surface area contributed by atoms with Crippen LogP contribution in [0, 0.1) is 21.4 Å². The summed E-state index contributed by atoms with van der Waals surface area (Å²) >= 11 is 1.50. The summed E-state index contributed by atoms with van der Waals surface area (Å²) in [4.78, 5) is 10.7. The molecule has 0 bridgehead atoms. The van der Waals surface area contributed by atoms with Gasteiger partial charge < -0.3 is 0 Å². The van der Waals surface area contributed by atoms with Crippen LogP contribution >= 0.6 is 11.8 Å². The van der Waals surface area contributed by atoms with E-state index in [9.17, 15) is 10.1 Å². The van der Waals surface area contributed by atoms with Crippen LogP contribution in [0.1, 0.15) is 12.5 Å². The molecule has 0 unspecified atom stereocenters. The molecule has 0 saturated carbocycles. The molecule has 72 valence electrons. The van der Waals surface area contributed by atoms with E-state index in [0.717, 1.165) is 10.6 Å². The van der Waals surface area contributed by atoms with Crippen molar-refractivity contribution in [1.29, 1.82) is 5.26 Å². The summed E-state index contributed by atoms with van der Waals surface area (Å²) in [5.74, 6) is 0.840. The molecule has 0 heterocycles. The predicted octanol–water partition coefficient (Wildman–Crippen LogP) is 2.58. The van der Waals surface area contributed by atoms with Gasteiger partial charge in [0.2, 0.25) is 0 Å². The number of hydrogen-bond acceptors (Lipinski definition) is 4. The molecule has 0 saturated heterocycles. The molecule has 14 heavy (non-hydrogen) atoms. The highest BCUT2D eigenvalue weighted by Crippen LogP contribution is 2.25. The molecule has 4 nitrogen and oxygen atoms in total. The van der Waals surface area contributed by atoms with Crippen molar-refractivity contribution in [2.24, 2.45) is 0 Å². The van der Waals surface area contributed by atoms with E-state index in [1.165, 1.54) is 23.9 Å². The van der Waals surface area contributed by atoms with Crippen molar-refractivity contribution in [3.05, 3.63) is 33.9 Å². The third-order valence-electron chi connectivity index (χ3n) is 1.59. The largest absolute Gasteiger partial charge is 0.270 e. The number of nitro benzene ring substituents is 1. The number of nitro groups is 1. The number of nitrogens with zero attached hydrogens (tertiary/aromatic N) is 2. The van der Waals surface area contributed by atoms with E-state index in [0.29, 0.717) is 5.56 Å². The Morgan fingerprint density at radius 3 is 2.86 bits per heavy atom. The average Bonchev–Trinajstić information content (AvgIpc) is 2.18. The second-order valence-corrected chi connectivity index (χ2v) is 3.79. The highest BCUT2D eigenvalue weighted by atomic mass is 32.2. The summed E-state index contributed by atoms with van der Waals surface area (Å²) in [6.45, 7) is 1.97. The summed E-state index contributed by atoms with van der Waals surface area (Å²) in [5.41, 5.74) is 0.327. The summed E-state index contributed by atoms with van der Waals surface area (Å²) in [7, 11) is 0. The van der Waals surface area contributed by atoms with Crippen molar-refractivity contribution in [3.8, 4) is 6.07 Å². The van der Waals surface area contributed by atoms with Gasteiger partial charge in [0.25, 0.3) is 5.69 Å². The molecule has 0 fully saturated rings. The molecule has 0 N–H and O–H groups in total. The normalized spacial score (nSPS) is 9.43. The second kappa shape index (κ2) is 4.63. The standard InChI is InChI=1S/C9H8N2O2S/c1-2-14-9-4-3-8(11(12)13)5-7(9)6-10/h3-5H,2H2,1H3. The van der Waals surface area contributed by atoms with Gasteiger partial charge in [0.1, 0.15) is 6.07 Å². The molecule has 5 heteroatoms. The SMILES string of the molecule is CCSc1ccc([N+](=O)[O-])cc1C#N. The zero-order chi connectivity index (χ0) is 10.6. The van der Waals surface area contributed by atoms with Crippen LogP contribution in [0.15, 0.2) is 23.1 Å². The molecular formula is C9H8N2O2S. The zero-order valence-electron chi connectivity index (χ0n) is 7.56. The fourth-order valence-electron chi connectivity index (χ4n) is 1.00. The summed E-state index contributed by atoms with van der Waals surface area (Å²) in [6.07, 6.45) is 0. The number of rotatable bonds is 3. The van der Waals surface area contributed by atoms with Gasteiger partial charge in [-0.1, -0.05) is 6.92 Å². The topological polar surface area (TPSA) is 66.9 Å². The predicted molar refractivity (Wildman–Crippen MR) is 54.2 cm³/mol. The average molecular weight is 208 g/mol. The van der Waals surface area contributed by atoms with Crippen molar-refractivity contribution < 1.29 is 4.92 Å². The van der Waals surface area contributed by atoms with Crippen LogP contribution in [-0.2, 0) is 0 Å². The van der Waals surface area contributed by atoms with Crippen molar-refractivity contribution in [1.82, 2.24) is 0 Å². The number of nitriles is 1. The molecule has 1 aromatic rings. The highest BCUT2D eigenvalue weighted by Gasteiger charge is 2.09. The van der Waals surface area contributed by atoms with Crippen molar-refractivity contribution >= 4 is 17.4 Å². The quantitative estimate of drug-likeness (QED) is 0.435. The number of hydrogen-bond donors (Lipinski definition) is 0. The minimum atomic E-state index is -0.499. The van der Waals surface area contributed by atoms with E-state index in [1.54, 1.807) is 6.07 Å². The van der Waals surface area contributed by atoms with Gasteiger partial charge in [0.15, 0.2) is 0 Å². The van der Waals surface area contributed by atoms with Crippen LogP contribution in [0.3, 0.4) is 0 Å². The Kier molecular flexibility index (Phi) is 3.48. The second-order valence-electron chi connectivity index (χ2n) is 2.48. The minimum absolute atomic E-state index is 0.0398. The number of thioether (sulfide) groups is 1. The molecule has 0 aromatic heterocycles. The van der Waals surface area contributed by atoms with E-state index >= 15 is 0 Å². The van der Waals surface area contributed by atoms with Crippen LogP contribution in [-0.4, -0.2) is 10.7 Å². The zero-order valence-corrected chi connectivity index (χ0v) is 8.37. The number of benzene rings is 1. The van der Waals surface area contributed by atoms with E-state index in [2.05, 4.69) is 0 Å². The van der Waals surface area contributed by atoms with E-state index in [4.69, 9.17) is 5.26 Å². The van der Waals surface area contributed by atoms with Crippen molar-refractivity contribution in [2.75, 3.05) is 5.75 Å². The molecule has 0 atom stereocenters.